The number of aromatic nitrogens is 1. The molecule has 0 radical (unpaired) electrons. The Morgan fingerprint density at radius 3 is 2.89 bits per heavy atom. The maximum atomic E-state index is 11.4. The molecule has 1 rings (SSSR count). The summed E-state index contributed by atoms with van der Waals surface area (Å²) in [6.07, 6.45) is 0. The van der Waals surface area contributed by atoms with E-state index in [1.54, 1.807) is 5.38 Å². The summed E-state index contributed by atoms with van der Waals surface area (Å²) in [4.78, 5) is 28.5. The number of nitrogens with two attached hydrogens (primary N) is 1. The zero-order chi connectivity index (χ0) is 13.5. The van der Waals surface area contributed by atoms with Crippen LogP contribution in [0.3, 0.4) is 0 Å². The Labute approximate surface area is 109 Å². The molecule has 0 aliphatic carbocycles. The SMILES string of the molecule is CCNC(=O)CN(C)Cc1csc(C(=O)NN)n1. The number of nitrogen functional groups attached to an aromatic ring is 1. The van der Waals surface area contributed by atoms with E-state index in [0.29, 0.717) is 24.6 Å². The summed E-state index contributed by atoms with van der Waals surface area (Å²) in [6, 6.07) is 0. The number of thiazole rings is 1. The standard InChI is InChI=1S/C10H17N5O2S/c1-3-12-8(16)5-15(2)4-7-6-18-10(13-7)9(17)14-11/h6H,3-5,11H2,1-2H3,(H,12,16)(H,14,17). The zero-order valence-corrected chi connectivity index (χ0v) is 11.2. The molecule has 8 heteroatoms. The summed E-state index contributed by atoms with van der Waals surface area (Å²) in [6.45, 7) is 3.29. The molecule has 1 aromatic rings. The first kappa shape index (κ1) is 14.6. The second-order valence-corrected chi connectivity index (χ2v) is 4.60. The average Bonchev–Trinajstić information content (AvgIpc) is 2.76. The Balaban J connectivity index is 2.49. The molecule has 1 heterocycles. The molecule has 0 spiro atoms. The number of rotatable bonds is 6. The monoisotopic (exact) mass is 271 g/mol. The fraction of sp³-hybridized carbons (Fsp3) is 0.500. The minimum atomic E-state index is -0.405. The summed E-state index contributed by atoms with van der Waals surface area (Å²) < 4.78 is 0. The third-order valence-corrected chi connectivity index (χ3v) is 2.99. The molecule has 0 unspecified atom stereocenters. The lowest BCUT2D eigenvalue weighted by Gasteiger charge is -2.14. The molecule has 0 aliphatic rings. The smallest absolute Gasteiger partial charge is 0.294 e. The third kappa shape index (κ3) is 4.40. The minimum absolute atomic E-state index is 0.0323. The highest BCUT2D eigenvalue weighted by atomic mass is 32.1. The van der Waals surface area contributed by atoms with Crippen LogP contribution in [0, 0.1) is 0 Å². The van der Waals surface area contributed by atoms with Crippen molar-refractivity contribution in [3.05, 3.63) is 16.1 Å². The number of carbonyl (C=O) groups is 2. The van der Waals surface area contributed by atoms with Gasteiger partial charge in [0.1, 0.15) is 0 Å². The number of nitrogens with one attached hydrogen (secondary N) is 2. The van der Waals surface area contributed by atoms with E-state index < -0.39 is 5.91 Å². The third-order valence-electron chi connectivity index (χ3n) is 2.10. The van der Waals surface area contributed by atoms with Gasteiger partial charge in [0.15, 0.2) is 5.01 Å². The molecule has 2 amide bonds. The highest BCUT2D eigenvalue weighted by molar-refractivity contribution is 7.11. The second kappa shape index (κ2) is 7.04. The van der Waals surface area contributed by atoms with Crippen LogP contribution < -0.4 is 16.6 Å². The molecule has 100 valence electrons. The summed E-state index contributed by atoms with van der Waals surface area (Å²) in [7, 11) is 1.82. The lowest BCUT2D eigenvalue weighted by Crippen LogP contribution is -2.34. The number of carbonyl (C=O) groups excluding carboxylic acids is 2. The minimum Gasteiger partial charge on any atom is -0.355 e. The first-order valence-corrected chi connectivity index (χ1v) is 6.35. The van der Waals surface area contributed by atoms with Crippen LogP contribution in [0.15, 0.2) is 5.38 Å². The van der Waals surface area contributed by atoms with Gasteiger partial charge in [-0.2, -0.15) is 0 Å². The normalized spacial score (nSPS) is 10.4. The van der Waals surface area contributed by atoms with Crippen molar-refractivity contribution in [3.63, 3.8) is 0 Å². The molecule has 1 aromatic heterocycles. The van der Waals surface area contributed by atoms with Crippen molar-refractivity contribution < 1.29 is 9.59 Å². The molecule has 0 saturated heterocycles. The van der Waals surface area contributed by atoms with Crippen LogP contribution >= 0.6 is 11.3 Å². The molecular formula is C10H17N5O2S. The Morgan fingerprint density at radius 2 is 2.28 bits per heavy atom. The highest BCUT2D eigenvalue weighted by Crippen LogP contribution is 2.10. The fourth-order valence-electron chi connectivity index (χ4n) is 1.38. The van der Waals surface area contributed by atoms with E-state index in [2.05, 4.69) is 10.3 Å². The van der Waals surface area contributed by atoms with E-state index >= 15 is 0 Å². The van der Waals surface area contributed by atoms with Gasteiger partial charge >= 0.3 is 0 Å². The average molecular weight is 271 g/mol. The highest BCUT2D eigenvalue weighted by Gasteiger charge is 2.12. The molecule has 0 fully saturated rings. The summed E-state index contributed by atoms with van der Waals surface area (Å²) in [5.74, 6) is 4.58. The first-order valence-electron chi connectivity index (χ1n) is 5.47. The molecule has 0 saturated carbocycles. The maximum absolute atomic E-state index is 11.4. The Kier molecular flexibility index (Phi) is 5.69. The van der Waals surface area contributed by atoms with Crippen LogP contribution in [0.1, 0.15) is 22.4 Å². The lowest BCUT2D eigenvalue weighted by atomic mass is 10.4. The molecule has 7 nitrogen and oxygen atoms in total. The molecule has 0 aliphatic heterocycles. The molecule has 0 aromatic carbocycles. The first-order chi connectivity index (χ1) is 8.56. The zero-order valence-electron chi connectivity index (χ0n) is 10.4. The van der Waals surface area contributed by atoms with Gasteiger partial charge in [0, 0.05) is 18.5 Å². The van der Waals surface area contributed by atoms with Gasteiger partial charge in [0.2, 0.25) is 5.91 Å². The van der Waals surface area contributed by atoms with Gasteiger partial charge in [0.25, 0.3) is 5.91 Å². The maximum Gasteiger partial charge on any atom is 0.294 e. The van der Waals surface area contributed by atoms with Crippen LogP contribution in [0.25, 0.3) is 0 Å². The number of amides is 2. The van der Waals surface area contributed by atoms with Crippen LogP contribution in [-0.4, -0.2) is 41.8 Å². The van der Waals surface area contributed by atoms with Gasteiger partial charge in [-0.05, 0) is 14.0 Å². The van der Waals surface area contributed by atoms with E-state index in [-0.39, 0.29) is 5.91 Å². The van der Waals surface area contributed by atoms with E-state index in [1.807, 2.05) is 24.3 Å². The molecular weight excluding hydrogens is 254 g/mol. The van der Waals surface area contributed by atoms with Gasteiger partial charge in [-0.3, -0.25) is 19.9 Å². The predicted molar refractivity (Wildman–Crippen MR) is 68.8 cm³/mol. The van der Waals surface area contributed by atoms with E-state index in [9.17, 15) is 9.59 Å². The number of hydrogen-bond donors (Lipinski definition) is 3. The van der Waals surface area contributed by atoms with Crippen molar-refractivity contribution in [1.29, 1.82) is 0 Å². The van der Waals surface area contributed by atoms with Gasteiger partial charge < -0.3 is 5.32 Å². The van der Waals surface area contributed by atoms with Crippen molar-refractivity contribution in [2.45, 2.75) is 13.5 Å². The molecule has 0 bridgehead atoms. The van der Waals surface area contributed by atoms with Crippen molar-refractivity contribution >= 4 is 23.2 Å². The number of nitrogens with zero attached hydrogens (tertiary/aromatic N) is 2. The number of hydrogen-bond acceptors (Lipinski definition) is 6. The topological polar surface area (TPSA) is 100 Å². The van der Waals surface area contributed by atoms with E-state index in [1.165, 1.54) is 11.3 Å². The van der Waals surface area contributed by atoms with Crippen molar-refractivity contribution in [2.24, 2.45) is 5.84 Å². The summed E-state index contributed by atoms with van der Waals surface area (Å²) >= 11 is 1.22. The second-order valence-electron chi connectivity index (χ2n) is 3.74. The van der Waals surface area contributed by atoms with Crippen molar-refractivity contribution in [3.8, 4) is 0 Å². The molecule has 4 N–H and O–H groups in total. The fourth-order valence-corrected chi connectivity index (χ4v) is 2.09. The van der Waals surface area contributed by atoms with E-state index in [4.69, 9.17) is 5.84 Å². The Bertz CT molecular complexity index is 420. The van der Waals surface area contributed by atoms with Gasteiger partial charge in [-0.15, -0.1) is 11.3 Å². The Hall–Kier alpha value is -1.51. The molecule has 18 heavy (non-hydrogen) atoms. The van der Waals surface area contributed by atoms with Gasteiger partial charge in [-0.1, -0.05) is 0 Å². The lowest BCUT2D eigenvalue weighted by molar-refractivity contribution is -0.121. The predicted octanol–water partition coefficient (Wildman–Crippen LogP) is -0.685. The van der Waals surface area contributed by atoms with Crippen LogP contribution in [0.2, 0.25) is 0 Å². The quantitative estimate of drug-likeness (QED) is 0.361. The van der Waals surface area contributed by atoms with Crippen LogP contribution in [0.5, 0.6) is 0 Å². The van der Waals surface area contributed by atoms with E-state index in [0.717, 1.165) is 5.69 Å². The van der Waals surface area contributed by atoms with Gasteiger partial charge in [-0.25, -0.2) is 10.8 Å². The number of likely N-dealkylation sites (N-methyl/N-ethyl adjacent to an activating group) is 2. The van der Waals surface area contributed by atoms with Gasteiger partial charge in [0.05, 0.1) is 12.2 Å². The number of hydrazine groups is 1. The Morgan fingerprint density at radius 1 is 1.56 bits per heavy atom. The largest absolute Gasteiger partial charge is 0.355 e. The van der Waals surface area contributed by atoms with Crippen LogP contribution in [0.4, 0.5) is 0 Å². The summed E-state index contributed by atoms with van der Waals surface area (Å²) in [5.41, 5.74) is 2.77. The van der Waals surface area contributed by atoms with Crippen molar-refractivity contribution in [2.75, 3.05) is 20.1 Å². The summed E-state index contributed by atoms with van der Waals surface area (Å²) in [5, 5.41) is 4.81. The van der Waals surface area contributed by atoms with Crippen LogP contribution in [-0.2, 0) is 11.3 Å². The molecule has 0 atom stereocenters. The van der Waals surface area contributed by atoms with Crippen molar-refractivity contribution in [1.82, 2.24) is 20.6 Å².